The number of hydrogen-bond acceptors (Lipinski definition) is 5. The summed E-state index contributed by atoms with van der Waals surface area (Å²) in [6.07, 6.45) is 0. The first-order chi connectivity index (χ1) is 7.25. The van der Waals surface area contributed by atoms with Crippen molar-refractivity contribution >= 4 is 17.2 Å². The zero-order chi connectivity index (χ0) is 10.7. The van der Waals surface area contributed by atoms with Gasteiger partial charge in [-0.25, -0.2) is 9.97 Å². The average Bonchev–Trinajstić information content (AvgIpc) is 2.84. The van der Waals surface area contributed by atoms with Crippen LogP contribution in [0.15, 0.2) is 10.9 Å². The summed E-state index contributed by atoms with van der Waals surface area (Å²) in [6.45, 7) is 2.11. The Kier molecular flexibility index (Phi) is 2.72. The molecule has 78 valence electrons. The van der Waals surface area contributed by atoms with Crippen molar-refractivity contribution in [3.8, 4) is 0 Å². The average molecular weight is 223 g/mol. The van der Waals surface area contributed by atoms with Crippen molar-refractivity contribution < 1.29 is 4.79 Å². The molecule has 15 heavy (non-hydrogen) atoms. The topological polar surface area (TPSA) is 83.6 Å². The van der Waals surface area contributed by atoms with E-state index in [-0.39, 0.29) is 5.91 Å². The molecular formula is C8H9N5OS. The second-order valence-corrected chi connectivity index (χ2v) is 3.61. The van der Waals surface area contributed by atoms with Crippen LogP contribution >= 0.6 is 11.3 Å². The first-order valence-electron chi connectivity index (χ1n) is 4.30. The Labute approximate surface area is 89.8 Å². The number of carbonyl (C=O) groups is 1. The Morgan fingerprint density at radius 2 is 2.53 bits per heavy atom. The summed E-state index contributed by atoms with van der Waals surface area (Å²) in [6, 6.07) is 0. The van der Waals surface area contributed by atoms with Crippen molar-refractivity contribution in [2.45, 2.75) is 13.5 Å². The zero-order valence-corrected chi connectivity index (χ0v) is 8.84. The molecule has 2 aromatic heterocycles. The number of aromatic amines is 1. The van der Waals surface area contributed by atoms with E-state index in [1.165, 1.54) is 11.3 Å². The van der Waals surface area contributed by atoms with Crippen molar-refractivity contribution in [2.24, 2.45) is 0 Å². The van der Waals surface area contributed by atoms with Crippen LogP contribution in [0.25, 0.3) is 0 Å². The van der Waals surface area contributed by atoms with Crippen molar-refractivity contribution in [1.29, 1.82) is 0 Å². The summed E-state index contributed by atoms with van der Waals surface area (Å²) >= 11 is 1.38. The molecule has 0 aliphatic heterocycles. The number of amides is 1. The monoisotopic (exact) mass is 223 g/mol. The van der Waals surface area contributed by atoms with Crippen LogP contribution in [0.4, 0.5) is 0 Å². The Bertz CT molecular complexity index is 449. The number of H-pyrrole nitrogens is 1. The van der Waals surface area contributed by atoms with Crippen molar-refractivity contribution in [3.05, 3.63) is 28.2 Å². The zero-order valence-electron chi connectivity index (χ0n) is 8.02. The van der Waals surface area contributed by atoms with Gasteiger partial charge in [-0.1, -0.05) is 0 Å². The molecule has 0 aliphatic carbocycles. The highest BCUT2D eigenvalue weighted by Gasteiger charge is 2.08. The minimum absolute atomic E-state index is 0.210. The minimum atomic E-state index is -0.210. The van der Waals surface area contributed by atoms with Gasteiger partial charge in [-0.05, 0) is 6.92 Å². The quantitative estimate of drug-likeness (QED) is 0.793. The van der Waals surface area contributed by atoms with E-state index < -0.39 is 0 Å². The van der Waals surface area contributed by atoms with E-state index >= 15 is 0 Å². The molecule has 0 spiro atoms. The molecule has 2 heterocycles. The number of hydrogen-bond donors (Lipinski definition) is 2. The molecule has 0 aromatic carbocycles. The molecule has 0 radical (unpaired) electrons. The van der Waals surface area contributed by atoms with E-state index in [0.717, 1.165) is 5.82 Å². The van der Waals surface area contributed by atoms with Gasteiger partial charge in [0.05, 0.1) is 12.1 Å². The summed E-state index contributed by atoms with van der Waals surface area (Å²) < 4.78 is 0. The number of aromatic nitrogens is 4. The van der Waals surface area contributed by atoms with Crippen LogP contribution in [-0.4, -0.2) is 26.1 Å². The van der Waals surface area contributed by atoms with Gasteiger partial charge in [-0.15, -0.1) is 11.3 Å². The smallest absolute Gasteiger partial charge is 0.271 e. The van der Waals surface area contributed by atoms with E-state index in [9.17, 15) is 4.79 Å². The summed E-state index contributed by atoms with van der Waals surface area (Å²) in [5.41, 5.74) is 2.04. The Morgan fingerprint density at radius 3 is 3.13 bits per heavy atom. The van der Waals surface area contributed by atoms with Gasteiger partial charge in [0.15, 0.2) is 5.82 Å². The van der Waals surface area contributed by atoms with Crippen molar-refractivity contribution in [3.63, 3.8) is 0 Å². The highest BCUT2D eigenvalue weighted by Crippen LogP contribution is 2.00. The molecule has 1 amide bonds. The standard InChI is InChI=1S/C8H9N5OS/c1-5-11-7(13-12-5)2-9-8(14)6-3-15-4-10-6/h3-4H,2H2,1H3,(H,9,14)(H,11,12,13). The van der Waals surface area contributed by atoms with Gasteiger partial charge in [-0.3, -0.25) is 9.89 Å². The largest absolute Gasteiger partial charge is 0.343 e. The lowest BCUT2D eigenvalue weighted by atomic mass is 10.4. The minimum Gasteiger partial charge on any atom is -0.343 e. The number of rotatable bonds is 3. The first kappa shape index (κ1) is 9.78. The maximum atomic E-state index is 11.5. The Balaban J connectivity index is 1.91. The molecule has 0 saturated heterocycles. The molecule has 0 bridgehead atoms. The number of thiazole rings is 1. The maximum absolute atomic E-state index is 11.5. The fourth-order valence-corrected chi connectivity index (χ4v) is 1.57. The molecule has 2 rings (SSSR count). The highest BCUT2D eigenvalue weighted by atomic mass is 32.1. The van der Waals surface area contributed by atoms with Gasteiger partial charge in [-0.2, -0.15) is 5.10 Å². The normalized spacial score (nSPS) is 10.2. The van der Waals surface area contributed by atoms with Crippen LogP contribution in [0.2, 0.25) is 0 Å². The molecular weight excluding hydrogens is 214 g/mol. The summed E-state index contributed by atoms with van der Waals surface area (Å²) in [5.74, 6) is 1.09. The van der Waals surface area contributed by atoms with Crippen LogP contribution in [0, 0.1) is 6.92 Å². The SMILES string of the molecule is Cc1nc(CNC(=O)c2cscn2)n[nH]1. The molecule has 0 unspecified atom stereocenters. The van der Waals surface area contributed by atoms with E-state index in [2.05, 4.69) is 25.5 Å². The lowest BCUT2D eigenvalue weighted by Gasteiger charge is -1.98. The van der Waals surface area contributed by atoms with Gasteiger partial charge in [0.2, 0.25) is 0 Å². The van der Waals surface area contributed by atoms with Crippen LogP contribution < -0.4 is 5.32 Å². The van der Waals surface area contributed by atoms with Gasteiger partial charge < -0.3 is 5.32 Å². The second-order valence-electron chi connectivity index (χ2n) is 2.89. The third kappa shape index (κ3) is 2.38. The van der Waals surface area contributed by atoms with Crippen molar-refractivity contribution in [1.82, 2.24) is 25.5 Å². The van der Waals surface area contributed by atoms with Gasteiger partial charge in [0.1, 0.15) is 11.5 Å². The summed E-state index contributed by atoms with van der Waals surface area (Å²) in [5, 5.41) is 11.0. The molecule has 0 atom stereocenters. The Hall–Kier alpha value is -1.76. The number of aryl methyl sites for hydroxylation is 1. The third-order valence-corrected chi connectivity index (χ3v) is 2.30. The van der Waals surface area contributed by atoms with E-state index in [1.807, 2.05) is 0 Å². The first-order valence-corrected chi connectivity index (χ1v) is 5.24. The lowest BCUT2D eigenvalue weighted by Crippen LogP contribution is -2.23. The number of carbonyl (C=O) groups excluding carboxylic acids is 1. The summed E-state index contributed by atoms with van der Waals surface area (Å²) in [4.78, 5) is 19.4. The van der Waals surface area contributed by atoms with Gasteiger partial charge in [0, 0.05) is 5.38 Å². The molecule has 0 fully saturated rings. The summed E-state index contributed by atoms with van der Waals surface area (Å²) in [7, 11) is 0. The molecule has 0 saturated carbocycles. The van der Waals surface area contributed by atoms with Crippen LogP contribution in [0.1, 0.15) is 22.1 Å². The molecule has 2 N–H and O–H groups in total. The molecule has 6 nitrogen and oxygen atoms in total. The fraction of sp³-hybridized carbons (Fsp3) is 0.250. The molecule has 7 heteroatoms. The predicted molar refractivity (Wildman–Crippen MR) is 54.4 cm³/mol. The van der Waals surface area contributed by atoms with Crippen LogP contribution in [-0.2, 0) is 6.54 Å². The van der Waals surface area contributed by atoms with E-state index in [1.54, 1.807) is 17.8 Å². The second kappa shape index (κ2) is 4.18. The van der Waals surface area contributed by atoms with Crippen LogP contribution in [0.5, 0.6) is 0 Å². The van der Waals surface area contributed by atoms with Crippen molar-refractivity contribution in [2.75, 3.05) is 0 Å². The van der Waals surface area contributed by atoms with Gasteiger partial charge in [0.25, 0.3) is 5.91 Å². The molecule has 0 aliphatic rings. The number of nitrogens with one attached hydrogen (secondary N) is 2. The van der Waals surface area contributed by atoms with E-state index in [0.29, 0.717) is 18.1 Å². The fourth-order valence-electron chi connectivity index (χ4n) is 1.04. The van der Waals surface area contributed by atoms with E-state index in [4.69, 9.17) is 0 Å². The molecule has 2 aromatic rings. The highest BCUT2D eigenvalue weighted by molar-refractivity contribution is 7.07. The Morgan fingerprint density at radius 1 is 1.67 bits per heavy atom. The lowest BCUT2D eigenvalue weighted by molar-refractivity contribution is 0.0945. The third-order valence-electron chi connectivity index (χ3n) is 1.72. The maximum Gasteiger partial charge on any atom is 0.271 e. The predicted octanol–water partition coefficient (Wildman–Crippen LogP) is 0.500. The van der Waals surface area contributed by atoms with Crippen LogP contribution in [0.3, 0.4) is 0 Å². The van der Waals surface area contributed by atoms with Gasteiger partial charge >= 0.3 is 0 Å². The number of nitrogens with zero attached hydrogens (tertiary/aromatic N) is 3.